The lowest BCUT2D eigenvalue weighted by Crippen LogP contribution is -1.97. The van der Waals surface area contributed by atoms with E-state index >= 15 is 0 Å². The van der Waals surface area contributed by atoms with Crippen molar-refractivity contribution in [2.45, 2.75) is 6.92 Å². The maximum Gasteiger partial charge on any atom is 0.254 e. The highest BCUT2D eigenvalue weighted by Gasteiger charge is 2.08. The van der Waals surface area contributed by atoms with Gasteiger partial charge in [-0.25, -0.2) is 9.50 Å². The van der Waals surface area contributed by atoms with E-state index in [-0.39, 0.29) is 0 Å². The van der Waals surface area contributed by atoms with E-state index in [1.165, 1.54) is 0 Å². The Morgan fingerprint density at radius 2 is 2.05 bits per heavy atom. The lowest BCUT2D eigenvalue weighted by atomic mass is 10.2. The summed E-state index contributed by atoms with van der Waals surface area (Å²) in [6.07, 6.45) is 5.56. The minimum absolute atomic E-state index is 0.605. The maximum atomic E-state index is 4.33. The van der Waals surface area contributed by atoms with Crippen molar-refractivity contribution in [1.29, 1.82) is 0 Å². The molecule has 0 aromatic carbocycles. The summed E-state index contributed by atoms with van der Waals surface area (Å²) in [6.45, 7) is 1.90. The highest BCUT2D eigenvalue weighted by atomic mass is 15.3. The summed E-state index contributed by atoms with van der Waals surface area (Å²) in [6, 6.07) is 8.02. The van der Waals surface area contributed by atoms with E-state index in [0.29, 0.717) is 5.78 Å². The molecule has 0 aliphatic rings. The second-order valence-electron chi connectivity index (χ2n) is 4.34. The third-order valence-corrected chi connectivity index (χ3v) is 3.15. The normalized spacial score (nSPS) is 11.4. The summed E-state index contributed by atoms with van der Waals surface area (Å²) in [7, 11) is 0. The molecule has 4 aromatic rings. The third-order valence-electron chi connectivity index (χ3n) is 3.15. The first-order chi connectivity index (χ1) is 9.33. The van der Waals surface area contributed by atoms with Crippen LogP contribution in [-0.2, 0) is 0 Å². The monoisotopic (exact) mass is 250 g/mol. The van der Waals surface area contributed by atoms with Crippen LogP contribution in [-0.4, -0.2) is 29.2 Å². The largest absolute Gasteiger partial charge is 0.270 e. The summed E-state index contributed by atoms with van der Waals surface area (Å²) >= 11 is 0. The van der Waals surface area contributed by atoms with Crippen LogP contribution in [0.15, 0.2) is 42.9 Å². The van der Waals surface area contributed by atoms with Gasteiger partial charge in [-0.2, -0.15) is 5.10 Å². The predicted octanol–water partition coefficient (Wildman–Crippen LogP) is 1.75. The topological polar surface area (TPSA) is 60.4 Å². The van der Waals surface area contributed by atoms with E-state index in [4.69, 9.17) is 0 Å². The van der Waals surface area contributed by atoms with Gasteiger partial charge in [0.25, 0.3) is 5.78 Å². The second-order valence-corrected chi connectivity index (χ2v) is 4.34. The van der Waals surface area contributed by atoms with Gasteiger partial charge >= 0.3 is 0 Å². The van der Waals surface area contributed by atoms with E-state index < -0.39 is 0 Å². The molecular formula is C13H10N6. The molecule has 0 bridgehead atoms. The molecule has 4 aromatic heterocycles. The zero-order valence-corrected chi connectivity index (χ0v) is 10.2. The van der Waals surface area contributed by atoms with Crippen molar-refractivity contribution in [2.75, 3.05) is 0 Å². The lowest BCUT2D eigenvalue weighted by Gasteiger charge is -2.05. The molecule has 0 saturated heterocycles. The molecule has 4 heterocycles. The van der Waals surface area contributed by atoms with Crippen LogP contribution in [0, 0.1) is 6.92 Å². The van der Waals surface area contributed by atoms with Gasteiger partial charge in [-0.1, -0.05) is 6.07 Å². The standard InChI is InChI=1S/C13H10N6/c1-9-16-17-13-14-7-10(8-18(9)13)12-4-2-3-11-5-6-15-19(11)12/h2-8H,1H3. The average molecular weight is 250 g/mol. The van der Waals surface area contributed by atoms with E-state index in [2.05, 4.69) is 20.3 Å². The fourth-order valence-corrected chi connectivity index (χ4v) is 2.20. The Morgan fingerprint density at radius 3 is 3.00 bits per heavy atom. The van der Waals surface area contributed by atoms with Crippen molar-refractivity contribution < 1.29 is 0 Å². The first kappa shape index (κ1) is 10.2. The molecule has 0 atom stereocenters. The van der Waals surface area contributed by atoms with Crippen molar-refractivity contribution in [3.05, 3.63) is 48.7 Å². The Balaban J connectivity index is 2.03. The molecule has 0 spiro atoms. The molecule has 0 unspecified atom stereocenters. The molecule has 0 fully saturated rings. The Hall–Kier alpha value is -2.76. The van der Waals surface area contributed by atoms with Gasteiger partial charge in [-0.05, 0) is 25.1 Å². The van der Waals surface area contributed by atoms with Crippen LogP contribution in [0.2, 0.25) is 0 Å². The van der Waals surface area contributed by atoms with Gasteiger partial charge < -0.3 is 0 Å². The van der Waals surface area contributed by atoms with Gasteiger partial charge in [0.15, 0.2) is 0 Å². The van der Waals surface area contributed by atoms with Crippen molar-refractivity contribution in [3.8, 4) is 11.3 Å². The summed E-state index contributed by atoms with van der Waals surface area (Å²) in [5, 5.41) is 12.3. The minimum Gasteiger partial charge on any atom is -0.270 e. The summed E-state index contributed by atoms with van der Waals surface area (Å²) in [4.78, 5) is 4.32. The zero-order valence-electron chi connectivity index (χ0n) is 10.2. The SMILES string of the molecule is Cc1nnc2ncc(-c3cccc4ccnn34)cn12. The number of hydrogen-bond donors (Lipinski definition) is 0. The third kappa shape index (κ3) is 1.43. The Kier molecular flexibility index (Phi) is 1.94. The molecule has 6 heteroatoms. The van der Waals surface area contributed by atoms with E-state index in [9.17, 15) is 0 Å². The van der Waals surface area contributed by atoms with Crippen LogP contribution in [0.3, 0.4) is 0 Å². The molecule has 0 N–H and O–H groups in total. The van der Waals surface area contributed by atoms with E-state index in [1.54, 1.807) is 12.4 Å². The second kappa shape index (κ2) is 3.61. The molecule has 0 radical (unpaired) electrons. The molecule has 0 amide bonds. The Bertz CT molecular complexity index is 888. The van der Waals surface area contributed by atoms with Gasteiger partial charge in [-0.15, -0.1) is 10.2 Å². The quantitative estimate of drug-likeness (QED) is 0.516. The minimum atomic E-state index is 0.605. The number of hydrogen-bond acceptors (Lipinski definition) is 4. The number of aromatic nitrogens is 6. The molecular weight excluding hydrogens is 240 g/mol. The molecule has 19 heavy (non-hydrogen) atoms. The number of fused-ring (bicyclic) bond motifs is 2. The highest BCUT2D eigenvalue weighted by molar-refractivity contribution is 5.63. The fraction of sp³-hybridized carbons (Fsp3) is 0.0769. The molecule has 4 rings (SSSR count). The Morgan fingerprint density at radius 1 is 1.11 bits per heavy atom. The molecule has 92 valence electrons. The average Bonchev–Trinajstić information content (AvgIpc) is 3.05. The van der Waals surface area contributed by atoms with Crippen molar-refractivity contribution in [3.63, 3.8) is 0 Å². The van der Waals surface area contributed by atoms with Gasteiger partial charge in [0.1, 0.15) is 5.82 Å². The molecule has 0 aliphatic carbocycles. The van der Waals surface area contributed by atoms with E-state index in [0.717, 1.165) is 22.6 Å². The van der Waals surface area contributed by atoms with Gasteiger partial charge in [0.2, 0.25) is 0 Å². The van der Waals surface area contributed by atoms with Crippen molar-refractivity contribution in [2.24, 2.45) is 0 Å². The number of aryl methyl sites for hydroxylation is 1. The molecule has 0 aliphatic heterocycles. The number of rotatable bonds is 1. The van der Waals surface area contributed by atoms with Crippen LogP contribution in [0.1, 0.15) is 5.82 Å². The van der Waals surface area contributed by atoms with Crippen LogP contribution < -0.4 is 0 Å². The maximum absolute atomic E-state index is 4.33. The van der Waals surface area contributed by atoms with Gasteiger partial charge in [-0.3, -0.25) is 4.40 Å². The Labute approximate surface area is 108 Å². The first-order valence-electron chi connectivity index (χ1n) is 5.93. The molecule has 0 saturated carbocycles. The summed E-state index contributed by atoms with van der Waals surface area (Å²) in [5.41, 5.74) is 3.02. The number of nitrogens with zero attached hydrogens (tertiary/aromatic N) is 6. The number of pyridine rings is 1. The van der Waals surface area contributed by atoms with E-state index in [1.807, 2.05) is 46.3 Å². The van der Waals surface area contributed by atoms with Crippen LogP contribution >= 0.6 is 0 Å². The van der Waals surface area contributed by atoms with Crippen LogP contribution in [0.4, 0.5) is 0 Å². The smallest absolute Gasteiger partial charge is 0.254 e. The first-order valence-corrected chi connectivity index (χ1v) is 5.93. The predicted molar refractivity (Wildman–Crippen MR) is 69.7 cm³/mol. The highest BCUT2D eigenvalue weighted by Crippen LogP contribution is 2.19. The van der Waals surface area contributed by atoms with Crippen molar-refractivity contribution >= 4 is 11.3 Å². The van der Waals surface area contributed by atoms with Crippen LogP contribution in [0.25, 0.3) is 22.6 Å². The van der Waals surface area contributed by atoms with Gasteiger partial charge in [0, 0.05) is 18.0 Å². The summed E-state index contributed by atoms with van der Waals surface area (Å²) in [5.74, 6) is 1.42. The molecule has 6 nitrogen and oxygen atoms in total. The lowest BCUT2D eigenvalue weighted by molar-refractivity contribution is 0.959. The van der Waals surface area contributed by atoms with Crippen LogP contribution in [0.5, 0.6) is 0 Å². The van der Waals surface area contributed by atoms with Crippen molar-refractivity contribution in [1.82, 2.24) is 29.2 Å². The van der Waals surface area contributed by atoms with Gasteiger partial charge in [0.05, 0.1) is 17.4 Å². The fourth-order valence-electron chi connectivity index (χ4n) is 2.20. The zero-order chi connectivity index (χ0) is 12.8. The summed E-state index contributed by atoms with van der Waals surface area (Å²) < 4.78 is 3.76.